The second kappa shape index (κ2) is 6.07. The molecule has 0 saturated carbocycles. The maximum atomic E-state index is 10.8. The molecular formula is C11H16N2O3. The molecule has 1 aromatic rings. The standard InChI is InChI=1S/C11H16N2O3/c1-3-13(6-7-16-2)9-4-5-12-10(8-9)11(14)15/h4-5,8H,3,6-7H2,1-2H3,(H,14,15). The van der Waals surface area contributed by atoms with Crippen molar-refractivity contribution in [3.05, 3.63) is 24.0 Å². The maximum absolute atomic E-state index is 10.8. The number of likely N-dealkylation sites (N-methyl/N-ethyl adjacent to an activating group) is 1. The van der Waals surface area contributed by atoms with Crippen LogP contribution in [0, 0.1) is 0 Å². The van der Waals surface area contributed by atoms with Gasteiger partial charge in [-0.1, -0.05) is 0 Å². The number of carbonyl (C=O) groups is 1. The Morgan fingerprint density at radius 1 is 1.62 bits per heavy atom. The molecule has 0 fully saturated rings. The van der Waals surface area contributed by atoms with Crippen molar-refractivity contribution in [3.63, 3.8) is 0 Å². The van der Waals surface area contributed by atoms with Crippen molar-refractivity contribution in [2.75, 3.05) is 31.7 Å². The summed E-state index contributed by atoms with van der Waals surface area (Å²) in [4.78, 5) is 16.6. The Balaban J connectivity index is 2.83. The van der Waals surface area contributed by atoms with E-state index in [1.54, 1.807) is 19.2 Å². The number of nitrogens with zero attached hydrogens (tertiary/aromatic N) is 2. The Labute approximate surface area is 94.7 Å². The van der Waals surface area contributed by atoms with Gasteiger partial charge in [0.2, 0.25) is 0 Å². The van der Waals surface area contributed by atoms with Crippen molar-refractivity contribution >= 4 is 11.7 Å². The molecule has 0 aliphatic heterocycles. The lowest BCUT2D eigenvalue weighted by molar-refractivity contribution is 0.0690. The van der Waals surface area contributed by atoms with Crippen LogP contribution in [0.25, 0.3) is 0 Å². The number of aromatic nitrogens is 1. The first-order valence-corrected chi connectivity index (χ1v) is 5.12. The molecular weight excluding hydrogens is 208 g/mol. The van der Waals surface area contributed by atoms with Crippen LogP contribution in [-0.4, -0.2) is 42.9 Å². The quantitative estimate of drug-likeness (QED) is 0.788. The minimum absolute atomic E-state index is 0.0633. The van der Waals surface area contributed by atoms with Gasteiger partial charge >= 0.3 is 5.97 Å². The van der Waals surface area contributed by atoms with Crippen LogP contribution in [0.2, 0.25) is 0 Å². The van der Waals surface area contributed by atoms with Crippen LogP contribution in [0.4, 0.5) is 5.69 Å². The zero-order valence-electron chi connectivity index (χ0n) is 9.51. The fourth-order valence-corrected chi connectivity index (χ4v) is 1.40. The first kappa shape index (κ1) is 12.4. The minimum Gasteiger partial charge on any atom is -0.477 e. The van der Waals surface area contributed by atoms with E-state index in [1.165, 1.54) is 6.20 Å². The molecule has 5 nitrogen and oxygen atoms in total. The van der Waals surface area contributed by atoms with Crippen LogP contribution in [0.3, 0.4) is 0 Å². The van der Waals surface area contributed by atoms with Crippen LogP contribution in [-0.2, 0) is 4.74 Å². The van der Waals surface area contributed by atoms with Crippen molar-refractivity contribution in [2.24, 2.45) is 0 Å². The van der Waals surface area contributed by atoms with Crippen LogP contribution in [0.5, 0.6) is 0 Å². The summed E-state index contributed by atoms with van der Waals surface area (Å²) in [5.74, 6) is -1.01. The molecule has 0 unspecified atom stereocenters. The van der Waals surface area contributed by atoms with Crippen LogP contribution in [0.15, 0.2) is 18.3 Å². The lowest BCUT2D eigenvalue weighted by Crippen LogP contribution is -2.27. The van der Waals surface area contributed by atoms with E-state index in [0.29, 0.717) is 6.61 Å². The average molecular weight is 224 g/mol. The molecule has 0 spiro atoms. The van der Waals surface area contributed by atoms with Gasteiger partial charge in [-0.15, -0.1) is 0 Å². The topological polar surface area (TPSA) is 62.7 Å². The van der Waals surface area contributed by atoms with Crippen molar-refractivity contribution in [2.45, 2.75) is 6.92 Å². The summed E-state index contributed by atoms with van der Waals surface area (Å²) >= 11 is 0. The molecule has 0 bridgehead atoms. The fourth-order valence-electron chi connectivity index (χ4n) is 1.40. The molecule has 5 heteroatoms. The van der Waals surface area contributed by atoms with E-state index in [4.69, 9.17) is 9.84 Å². The summed E-state index contributed by atoms with van der Waals surface area (Å²) in [5, 5.41) is 8.83. The minimum atomic E-state index is -1.01. The van der Waals surface area contributed by atoms with Gasteiger partial charge < -0.3 is 14.7 Å². The van der Waals surface area contributed by atoms with E-state index in [9.17, 15) is 4.79 Å². The van der Waals surface area contributed by atoms with Gasteiger partial charge in [-0.3, -0.25) is 0 Å². The predicted molar refractivity (Wildman–Crippen MR) is 61.0 cm³/mol. The zero-order chi connectivity index (χ0) is 12.0. The van der Waals surface area contributed by atoms with E-state index in [-0.39, 0.29) is 5.69 Å². The number of carboxylic acids is 1. The SMILES string of the molecule is CCN(CCOC)c1ccnc(C(=O)O)c1. The van der Waals surface area contributed by atoms with E-state index < -0.39 is 5.97 Å². The number of aromatic carboxylic acids is 1. The van der Waals surface area contributed by atoms with Crippen molar-refractivity contribution < 1.29 is 14.6 Å². The Morgan fingerprint density at radius 3 is 2.94 bits per heavy atom. The van der Waals surface area contributed by atoms with Gasteiger partial charge in [0.1, 0.15) is 5.69 Å². The lowest BCUT2D eigenvalue weighted by Gasteiger charge is -2.22. The molecule has 0 aliphatic rings. The van der Waals surface area contributed by atoms with E-state index in [0.717, 1.165) is 18.8 Å². The molecule has 0 atom stereocenters. The van der Waals surface area contributed by atoms with Gasteiger partial charge in [-0.2, -0.15) is 0 Å². The molecule has 16 heavy (non-hydrogen) atoms. The van der Waals surface area contributed by atoms with Crippen molar-refractivity contribution in [1.82, 2.24) is 4.98 Å². The van der Waals surface area contributed by atoms with Crippen molar-refractivity contribution in [1.29, 1.82) is 0 Å². The van der Waals surface area contributed by atoms with Crippen LogP contribution < -0.4 is 4.90 Å². The highest BCUT2D eigenvalue weighted by molar-refractivity contribution is 5.86. The van der Waals surface area contributed by atoms with Crippen molar-refractivity contribution in [3.8, 4) is 0 Å². The molecule has 0 saturated heterocycles. The molecule has 1 N–H and O–H groups in total. The fraction of sp³-hybridized carbons (Fsp3) is 0.455. The summed E-state index contributed by atoms with van der Waals surface area (Å²) in [6.45, 7) is 4.15. The lowest BCUT2D eigenvalue weighted by atomic mass is 10.3. The highest BCUT2D eigenvalue weighted by Gasteiger charge is 2.09. The average Bonchev–Trinajstić information content (AvgIpc) is 2.30. The Morgan fingerprint density at radius 2 is 2.38 bits per heavy atom. The first-order valence-electron chi connectivity index (χ1n) is 5.12. The highest BCUT2D eigenvalue weighted by atomic mass is 16.5. The second-order valence-corrected chi connectivity index (χ2v) is 3.28. The van der Waals surface area contributed by atoms with Crippen LogP contribution >= 0.6 is 0 Å². The van der Waals surface area contributed by atoms with Gasteiger partial charge in [0.05, 0.1) is 6.61 Å². The molecule has 0 amide bonds. The second-order valence-electron chi connectivity index (χ2n) is 3.28. The van der Waals surface area contributed by atoms with Gasteiger partial charge in [-0.05, 0) is 19.1 Å². The normalized spacial score (nSPS) is 10.1. The van der Waals surface area contributed by atoms with E-state index in [2.05, 4.69) is 4.98 Å². The highest BCUT2D eigenvalue weighted by Crippen LogP contribution is 2.14. The summed E-state index contributed by atoms with van der Waals surface area (Å²) in [6, 6.07) is 3.37. The molecule has 1 aromatic heterocycles. The number of rotatable bonds is 6. The third-order valence-electron chi connectivity index (χ3n) is 2.27. The maximum Gasteiger partial charge on any atom is 0.354 e. The molecule has 1 rings (SSSR count). The number of methoxy groups -OCH3 is 1. The van der Waals surface area contributed by atoms with E-state index in [1.807, 2.05) is 11.8 Å². The van der Waals surface area contributed by atoms with Gasteiger partial charge in [0, 0.05) is 32.1 Å². The summed E-state index contributed by atoms with van der Waals surface area (Å²) in [6.07, 6.45) is 1.51. The zero-order valence-corrected chi connectivity index (χ0v) is 9.51. The molecule has 0 aliphatic carbocycles. The Bertz CT molecular complexity index is 355. The van der Waals surface area contributed by atoms with Crippen LogP contribution in [0.1, 0.15) is 17.4 Å². The van der Waals surface area contributed by atoms with E-state index >= 15 is 0 Å². The third-order valence-corrected chi connectivity index (χ3v) is 2.27. The number of carboxylic acid groups (broad SMARTS) is 1. The third kappa shape index (κ3) is 3.20. The van der Waals surface area contributed by atoms with Gasteiger partial charge in [-0.25, -0.2) is 9.78 Å². The summed E-state index contributed by atoms with van der Waals surface area (Å²) in [5.41, 5.74) is 0.917. The molecule has 0 aromatic carbocycles. The Kier molecular flexibility index (Phi) is 4.72. The largest absolute Gasteiger partial charge is 0.477 e. The predicted octanol–water partition coefficient (Wildman–Crippen LogP) is 1.25. The molecule has 1 heterocycles. The Hall–Kier alpha value is -1.62. The first-order chi connectivity index (χ1) is 7.69. The number of anilines is 1. The smallest absolute Gasteiger partial charge is 0.354 e. The summed E-state index contributed by atoms with van der Waals surface area (Å²) < 4.78 is 5.00. The monoisotopic (exact) mass is 224 g/mol. The molecule has 88 valence electrons. The van der Waals surface area contributed by atoms with Gasteiger partial charge in [0.25, 0.3) is 0 Å². The molecule has 0 radical (unpaired) electrons. The number of hydrogen-bond donors (Lipinski definition) is 1. The number of ether oxygens (including phenoxy) is 1. The number of pyridine rings is 1. The number of hydrogen-bond acceptors (Lipinski definition) is 4. The van der Waals surface area contributed by atoms with Gasteiger partial charge in [0.15, 0.2) is 0 Å². The summed E-state index contributed by atoms with van der Waals surface area (Å²) in [7, 11) is 1.64.